The van der Waals surface area contributed by atoms with Crippen LogP contribution < -0.4 is 0 Å². The van der Waals surface area contributed by atoms with Crippen LogP contribution in [0.2, 0.25) is 0 Å². The van der Waals surface area contributed by atoms with Gasteiger partial charge in [-0.2, -0.15) is 0 Å². The van der Waals surface area contributed by atoms with Gasteiger partial charge in [-0.25, -0.2) is 9.97 Å². The first-order chi connectivity index (χ1) is 24.3. The molecule has 0 spiro atoms. The van der Waals surface area contributed by atoms with Crippen molar-refractivity contribution in [2.45, 2.75) is 0 Å². The molecule has 5 heteroatoms. The fourth-order valence-corrected chi connectivity index (χ4v) is 8.99. The van der Waals surface area contributed by atoms with Gasteiger partial charge in [0.15, 0.2) is 0 Å². The maximum Gasteiger partial charge on any atom is 0.235 e. The van der Waals surface area contributed by atoms with Crippen LogP contribution >= 0.6 is 11.3 Å². The number of nitrogens with zero attached hydrogens (tertiary/aromatic N) is 4. The minimum absolute atomic E-state index is 0.669. The molecule has 0 aliphatic carbocycles. The average molecular weight is 643 g/mol. The van der Waals surface area contributed by atoms with E-state index in [4.69, 9.17) is 9.97 Å². The summed E-state index contributed by atoms with van der Waals surface area (Å²) < 4.78 is 7.18. The van der Waals surface area contributed by atoms with Crippen molar-refractivity contribution in [3.05, 3.63) is 158 Å². The molecule has 0 saturated heterocycles. The summed E-state index contributed by atoms with van der Waals surface area (Å²) in [7, 11) is 0. The Morgan fingerprint density at radius 3 is 1.96 bits per heavy atom. The predicted molar refractivity (Wildman–Crippen MR) is 207 cm³/mol. The van der Waals surface area contributed by atoms with E-state index in [9.17, 15) is 0 Å². The van der Waals surface area contributed by atoms with E-state index in [2.05, 4.69) is 167 Å². The third-order valence-electron chi connectivity index (χ3n) is 9.90. The molecule has 11 rings (SSSR count). The van der Waals surface area contributed by atoms with Gasteiger partial charge in [0, 0.05) is 42.9 Å². The van der Waals surface area contributed by atoms with Crippen LogP contribution in [0.4, 0.5) is 0 Å². The zero-order valence-electron chi connectivity index (χ0n) is 26.2. The Labute approximate surface area is 284 Å². The minimum Gasteiger partial charge on any atom is -0.306 e. The standard InChI is InChI=1S/C44H26N4S/c1-3-13-27(14-4-1)39-42-40(35-25-28-15-7-8-16-29(28)26-37(35)47(42)30-17-5-2-6-18-30)46-44(45-39)48-36-21-11-9-19-31(36)33-23-24-34-32-20-10-12-22-38(32)49-43(34)41(33)48/h1-26H. The number of thiophene rings is 1. The molecule has 0 radical (unpaired) electrons. The van der Waals surface area contributed by atoms with E-state index in [0.29, 0.717) is 5.95 Å². The van der Waals surface area contributed by atoms with Crippen LogP contribution in [0.15, 0.2) is 158 Å². The van der Waals surface area contributed by atoms with Crippen molar-refractivity contribution in [2.24, 2.45) is 0 Å². The van der Waals surface area contributed by atoms with Gasteiger partial charge in [-0.15, -0.1) is 11.3 Å². The van der Waals surface area contributed by atoms with Crippen molar-refractivity contribution in [1.29, 1.82) is 0 Å². The van der Waals surface area contributed by atoms with Gasteiger partial charge >= 0.3 is 0 Å². The fourth-order valence-electron chi connectivity index (χ4n) is 7.75. The summed E-state index contributed by atoms with van der Waals surface area (Å²) in [6, 6.07) is 56.3. The Hall–Kier alpha value is -6.30. The molecule has 4 heterocycles. The molecule has 0 fully saturated rings. The van der Waals surface area contributed by atoms with Gasteiger partial charge in [-0.3, -0.25) is 4.57 Å². The Bertz CT molecular complexity index is 3100. The number of aromatic nitrogens is 4. The molecule has 49 heavy (non-hydrogen) atoms. The molecule has 0 aliphatic heterocycles. The zero-order valence-corrected chi connectivity index (χ0v) is 27.0. The van der Waals surface area contributed by atoms with E-state index in [-0.39, 0.29) is 0 Å². The average Bonchev–Trinajstić information content (AvgIpc) is 3.82. The maximum atomic E-state index is 5.58. The Morgan fingerprint density at radius 1 is 0.449 bits per heavy atom. The van der Waals surface area contributed by atoms with E-state index in [1.165, 1.54) is 41.7 Å². The molecule has 0 atom stereocenters. The lowest BCUT2D eigenvalue weighted by Crippen LogP contribution is -2.05. The van der Waals surface area contributed by atoms with Crippen LogP contribution in [-0.2, 0) is 0 Å². The molecule has 0 saturated carbocycles. The summed E-state index contributed by atoms with van der Waals surface area (Å²) >= 11 is 1.84. The topological polar surface area (TPSA) is 35.6 Å². The highest BCUT2D eigenvalue weighted by Crippen LogP contribution is 2.44. The Morgan fingerprint density at radius 2 is 1.12 bits per heavy atom. The highest BCUT2D eigenvalue weighted by atomic mass is 32.1. The normalized spacial score (nSPS) is 12.1. The second kappa shape index (κ2) is 10.1. The van der Waals surface area contributed by atoms with Crippen LogP contribution in [0, 0.1) is 0 Å². The quantitative estimate of drug-likeness (QED) is 0.192. The van der Waals surface area contributed by atoms with Crippen molar-refractivity contribution in [1.82, 2.24) is 19.1 Å². The lowest BCUT2D eigenvalue weighted by Gasteiger charge is -2.13. The third kappa shape index (κ3) is 3.79. The number of para-hydroxylation sites is 2. The van der Waals surface area contributed by atoms with Gasteiger partial charge in [0.05, 0.1) is 26.8 Å². The van der Waals surface area contributed by atoms with E-state index in [1.54, 1.807) is 0 Å². The van der Waals surface area contributed by atoms with Crippen LogP contribution in [0.3, 0.4) is 0 Å². The van der Waals surface area contributed by atoms with E-state index in [0.717, 1.165) is 49.9 Å². The smallest absolute Gasteiger partial charge is 0.235 e. The summed E-state index contributed by atoms with van der Waals surface area (Å²) in [5.74, 6) is 0.669. The monoisotopic (exact) mass is 642 g/mol. The minimum atomic E-state index is 0.669. The molecule has 0 aliphatic rings. The molecule has 11 aromatic rings. The van der Waals surface area contributed by atoms with Gasteiger partial charge in [-0.05, 0) is 47.2 Å². The van der Waals surface area contributed by atoms with Crippen molar-refractivity contribution >= 4 is 86.0 Å². The first-order valence-electron chi connectivity index (χ1n) is 16.5. The zero-order chi connectivity index (χ0) is 32.1. The predicted octanol–water partition coefficient (Wildman–Crippen LogP) is 11.9. The van der Waals surface area contributed by atoms with Crippen molar-refractivity contribution < 1.29 is 0 Å². The van der Waals surface area contributed by atoms with Crippen LogP contribution in [0.5, 0.6) is 0 Å². The molecule has 7 aromatic carbocycles. The van der Waals surface area contributed by atoms with E-state index >= 15 is 0 Å². The van der Waals surface area contributed by atoms with Crippen LogP contribution in [0.1, 0.15) is 0 Å². The number of benzene rings is 7. The molecule has 228 valence electrons. The highest BCUT2D eigenvalue weighted by molar-refractivity contribution is 7.26. The molecule has 0 amide bonds. The van der Waals surface area contributed by atoms with Crippen LogP contribution in [0.25, 0.3) is 97.6 Å². The van der Waals surface area contributed by atoms with Crippen molar-refractivity contribution in [2.75, 3.05) is 0 Å². The molecular weight excluding hydrogens is 617 g/mol. The van der Waals surface area contributed by atoms with Gasteiger partial charge in [0.25, 0.3) is 0 Å². The SMILES string of the molecule is c1ccc(-c2nc(-n3c4ccccc4c4ccc5c6ccccc6sc5c43)nc3c4cc5ccccc5cc4n(-c4ccccc4)c23)cc1. The van der Waals surface area contributed by atoms with E-state index < -0.39 is 0 Å². The van der Waals surface area contributed by atoms with E-state index in [1.807, 2.05) is 11.3 Å². The van der Waals surface area contributed by atoms with Crippen LogP contribution in [-0.4, -0.2) is 19.1 Å². The lowest BCUT2D eigenvalue weighted by molar-refractivity contribution is 1.01. The summed E-state index contributed by atoms with van der Waals surface area (Å²) in [6.07, 6.45) is 0. The fraction of sp³-hybridized carbons (Fsp3) is 0. The lowest BCUT2D eigenvalue weighted by atomic mass is 10.1. The second-order valence-corrected chi connectivity index (χ2v) is 13.7. The Kier molecular flexibility index (Phi) is 5.51. The molecule has 0 unspecified atom stereocenters. The first kappa shape index (κ1) is 26.7. The summed E-state index contributed by atoms with van der Waals surface area (Å²) in [5, 5.41) is 8.42. The third-order valence-corrected chi connectivity index (χ3v) is 11.1. The molecule has 4 aromatic heterocycles. The summed E-state index contributed by atoms with van der Waals surface area (Å²) in [5.41, 5.74) is 8.32. The molecular formula is C44H26N4S. The maximum absolute atomic E-state index is 5.58. The van der Waals surface area contributed by atoms with Crippen molar-refractivity contribution in [3.63, 3.8) is 0 Å². The summed E-state index contributed by atoms with van der Waals surface area (Å²) in [4.78, 5) is 11.1. The highest BCUT2D eigenvalue weighted by Gasteiger charge is 2.24. The van der Waals surface area contributed by atoms with Crippen molar-refractivity contribution in [3.8, 4) is 22.9 Å². The number of hydrogen-bond acceptors (Lipinski definition) is 3. The molecule has 4 nitrogen and oxygen atoms in total. The number of rotatable bonds is 3. The first-order valence-corrected chi connectivity index (χ1v) is 17.3. The molecule has 0 N–H and O–H groups in total. The van der Waals surface area contributed by atoms with Gasteiger partial charge in [-0.1, -0.05) is 121 Å². The summed E-state index contributed by atoms with van der Waals surface area (Å²) in [6.45, 7) is 0. The second-order valence-electron chi connectivity index (χ2n) is 12.6. The van der Waals surface area contributed by atoms with Gasteiger partial charge in [0.1, 0.15) is 11.2 Å². The van der Waals surface area contributed by atoms with Gasteiger partial charge in [0.2, 0.25) is 5.95 Å². The largest absolute Gasteiger partial charge is 0.306 e. The number of hydrogen-bond donors (Lipinski definition) is 0. The number of fused-ring (bicyclic) bond motifs is 11. The van der Waals surface area contributed by atoms with Gasteiger partial charge < -0.3 is 4.57 Å². The molecule has 0 bridgehead atoms. The Balaban J connectivity index is 1.36.